The molecule has 1 heterocycles. The first-order chi connectivity index (χ1) is 15.8. The third-order valence-corrected chi connectivity index (χ3v) is 6.01. The minimum Gasteiger partial charge on any atom is -0.507 e. The van der Waals surface area contributed by atoms with E-state index in [0.717, 1.165) is 26.8 Å². The number of carbonyl (C=O) groups excluding carboxylic acids is 2. The molecule has 0 fully saturated rings. The molecule has 7 heteroatoms. The first-order valence-corrected chi connectivity index (χ1v) is 11.5. The highest BCUT2D eigenvalue weighted by atomic mass is 127. The fraction of sp³-hybridized carbons (Fsp3) is 0.154. The van der Waals surface area contributed by atoms with E-state index < -0.39 is 11.8 Å². The van der Waals surface area contributed by atoms with Crippen LogP contribution in [-0.4, -0.2) is 35.9 Å². The number of amides is 2. The number of halogens is 1. The van der Waals surface area contributed by atoms with Crippen molar-refractivity contribution in [3.63, 3.8) is 0 Å². The van der Waals surface area contributed by atoms with E-state index in [-0.39, 0.29) is 5.75 Å². The molecule has 1 aliphatic heterocycles. The molecule has 0 saturated heterocycles. The molecule has 33 heavy (non-hydrogen) atoms. The summed E-state index contributed by atoms with van der Waals surface area (Å²) in [5.41, 5.74) is 5.26. The summed E-state index contributed by atoms with van der Waals surface area (Å²) in [7, 11) is 4.05. The number of imide groups is 1. The normalized spacial score (nSPS) is 14.4. The van der Waals surface area contributed by atoms with Gasteiger partial charge in [0.05, 0.1) is 5.57 Å². The largest absolute Gasteiger partial charge is 0.507 e. The predicted octanol–water partition coefficient (Wildman–Crippen LogP) is 4.13. The van der Waals surface area contributed by atoms with E-state index in [4.69, 9.17) is 0 Å². The molecule has 0 aliphatic carbocycles. The highest BCUT2D eigenvalue weighted by Gasteiger charge is 2.27. The third-order valence-electron chi connectivity index (χ3n) is 5.34. The van der Waals surface area contributed by atoms with Gasteiger partial charge in [0, 0.05) is 39.6 Å². The molecule has 6 nitrogen and oxygen atoms in total. The molecule has 0 atom stereocenters. The fourth-order valence-electron chi connectivity index (χ4n) is 3.85. The van der Waals surface area contributed by atoms with Crippen molar-refractivity contribution in [3.8, 4) is 16.9 Å². The number of nitrogens with zero attached hydrogens (tertiary/aromatic N) is 1. The van der Waals surface area contributed by atoms with Crippen molar-refractivity contribution in [2.45, 2.75) is 13.1 Å². The van der Waals surface area contributed by atoms with E-state index in [1.807, 2.05) is 50.5 Å². The van der Waals surface area contributed by atoms with Gasteiger partial charge in [-0.25, -0.2) is 0 Å². The van der Waals surface area contributed by atoms with Crippen molar-refractivity contribution < 1.29 is 14.7 Å². The summed E-state index contributed by atoms with van der Waals surface area (Å²) in [4.78, 5) is 26.6. The number of aromatic hydroxyl groups is 1. The highest BCUT2D eigenvalue weighted by molar-refractivity contribution is 14.1. The van der Waals surface area contributed by atoms with Gasteiger partial charge in [0.25, 0.3) is 11.8 Å². The summed E-state index contributed by atoms with van der Waals surface area (Å²) >= 11 is 2.16. The second-order valence-electron chi connectivity index (χ2n) is 8.20. The lowest BCUT2D eigenvalue weighted by Crippen LogP contribution is -2.37. The first kappa shape index (κ1) is 23.0. The number of phenols is 1. The van der Waals surface area contributed by atoms with E-state index in [2.05, 4.69) is 50.3 Å². The van der Waals surface area contributed by atoms with Crippen molar-refractivity contribution in [1.82, 2.24) is 15.5 Å². The summed E-state index contributed by atoms with van der Waals surface area (Å²) in [5.74, 6) is -0.624. The maximum Gasteiger partial charge on any atom is 0.260 e. The number of hydrogen-bond donors (Lipinski definition) is 3. The first-order valence-electron chi connectivity index (χ1n) is 10.5. The predicted molar refractivity (Wildman–Crippen MR) is 137 cm³/mol. The zero-order valence-corrected chi connectivity index (χ0v) is 20.5. The minimum absolute atomic E-state index is 0.199. The molecular formula is C26H24IN3O3. The van der Waals surface area contributed by atoms with Crippen molar-refractivity contribution in [3.05, 3.63) is 92.7 Å². The number of carbonyl (C=O) groups is 2. The van der Waals surface area contributed by atoms with Gasteiger partial charge in [0.2, 0.25) is 0 Å². The Morgan fingerprint density at radius 1 is 0.939 bits per heavy atom. The second-order valence-corrected chi connectivity index (χ2v) is 9.45. The smallest absolute Gasteiger partial charge is 0.260 e. The van der Waals surface area contributed by atoms with E-state index in [9.17, 15) is 14.7 Å². The van der Waals surface area contributed by atoms with Crippen LogP contribution < -0.4 is 10.6 Å². The van der Waals surface area contributed by atoms with Crippen LogP contribution in [0.5, 0.6) is 5.75 Å². The van der Waals surface area contributed by atoms with Gasteiger partial charge in [-0.1, -0.05) is 30.3 Å². The summed E-state index contributed by atoms with van der Waals surface area (Å²) in [6, 6.07) is 19.1. The summed E-state index contributed by atoms with van der Waals surface area (Å²) in [6.07, 6.45) is 1.62. The zero-order valence-electron chi connectivity index (χ0n) is 18.4. The van der Waals surface area contributed by atoms with Crippen LogP contribution in [0.25, 0.3) is 16.7 Å². The van der Waals surface area contributed by atoms with E-state index in [1.54, 1.807) is 18.3 Å². The van der Waals surface area contributed by atoms with Gasteiger partial charge >= 0.3 is 0 Å². The highest BCUT2D eigenvalue weighted by Crippen LogP contribution is 2.31. The number of fused-ring (bicyclic) bond motifs is 1. The Morgan fingerprint density at radius 3 is 2.48 bits per heavy atom. The summed E-state index contributed by atoms with van der Waals surface area (Å²) in [6.45, 7) is 1.24. The molecule has 3 N–H and O–H groups in total. The maximum atomic E-state index is 12.4. The van der Waals surface area contributed by atoms with Crippen LogP contribution in [0.3, 0.4) is 0 Å². The standard InChI is InChI=1S/C26H24IN3O3/c1-30(2)15-17-4-3-5-18(10-17)20-8-6-16(11-24(20)31)13-28-14-23-22-12-19(27)7-9-21(22)25(32)29-26(23)33/h3-12,14,28,31H,13,15H2,1-2H3,(H,29,32,33)/b23-14+. The van der Waals surface area contributed by atoms with Crippen LogP contribution in [0, 0.1) is 3.57 Å². The van der Waals surface area contributed by atoms with Crippen LogP contribution in [0.2, 0.25) is 0 Å². The summed E-state index contributed by atoms with van der Waals surface area (Å²) < 4.78 is 0.940. The Labute approximate surface area is 206 Å². The number of benzene rings is 3. The Kier molecular flexibility index (Phi) is 6.80. The van der Waals surface area contributed by atoms with Crippen LogP contribution in [0.15, 0.2) is 66.9 Å². The molecular weight excluding hydrogens is 529 g/mol. The molecule has 0 spiro atoms. The molecule has 0 aromatic heterocycles. The van der Waals surface area contributed by atoms with E-state index in [0.29, 0.717) is 23.2 Å². The van der Waals surface area contributed by atoms with E-state index in [1.165, 1.54) is 5.56 Å². The maximum absolute atomic E-state index is 12.4. The van der Waals surface area contributed by atoms with Gasteiger partial charge in [-0.05, 0) is 83.7 Å². The van der Waals surface area contributed by atoms with Gasteiger partial charge in [-0.3, -0.25) is 14.9 Å². The zero-order chi connectivity index (χ0) is 23.5. The number of phenolic OH excluding ortho intramolecular Hbond substituents is 1. The van der Waals surface area contributed by atoms with Crippen molar-refractivity contribution in [2.24, 2.45) is 0 Å². The number of rotatable bonds is 6. The Balaban J connectivity index is 1.51. The molecule has 0 bridgehead atoms. The van der Waals surface area contributed by atoms with Crippen molar-refractivity contribution >= 4 is 40.0 Å². The molecule has 168 valence electrons. The third kappa shape index (κ3) is 5.26. The lowest BCUT2D eigenvalue weighted by molar-refractivity contribution is -0.114. The van der Waals surface area contributed by atoms with Gasteiger partial charge in [-0.2, -0.15) is 0 Å². The molecule has 4 rings (SSSR count). The van der Waals surface area contributed by atoms with Crippen LogP contribution >= 0.6 is 22.6 Å². The topological polar surface area (TPSA) is 81.7 Å². The van der Waals surface area contributed by atoms with Crippen molar-refractivity contribution in [2.75, 3.05) is 14.1 Å². The minimum atomic E-state index is -0.433. The fourth-order valence-corrected chi connectivity index (χ4v) is 4.34. The Bertz CT molecular complexity index is 1270. The molecule has 1 aliphatic rings. The second kappa shape index (κ2) is 9.76. The average Bonchev–Trinajstić information content (AvgIpc) is 2.75. The van der Waals surface area contributed by atoms with Gasteiger partial charge < -0.3 is 15.3 Å². The van der Waals surface area contributed by atoms with Gasteiger partial charge in [-0.15, -0.1) is 0 Å². The molecule has 0 radical (unpaired) electrons. The van der Waals surface area contributed by atoms with Crippen LogP contribution in [0.4, 0.5) is 0 Å². The number of hydrogen-bond acceptors (Lipinski definition) is 5. The number of nitrogens with one attached hydrogen (secondary N) is 2. The molecule has 2 amide bonds. The SMILES string of the molecule is CN(C)Cc1cccc(-c2ccc(CN/C=C3/C(=O)NC(=O)c4ccc(I)cc43)cc2O)c1. The van der Waals surface area contributed by atoms with E-state index >= 15 is 0 Å². The Morgan fingerprint density at radius 2 is 1.73 bits per heavy atom. The van der Waals surface area contributed by atoms with Crippen molar-refractivity contribution in [1.29, 1.82) is 0 Å². The lowest BCUT2D eigenvalue weighted by Gasteiger charge is -2.18. The monoisotopic (exact) mass is 553 g/mol. The quantitative estimate of drug-likeness (QED) is 0.243. The van der Waals surface area contributed by atoms with Crippen LogP contribution in [-0.2, 0) is 17.9 Å². The van der Waals surface area contributed by atoms with Gasteiger partial charge in [0.15, 0.2) is 0 Å². The Hall–Kier alpha value is -3.17. The lowest BCUT2D eigenvalue weighted by atomic mass is 9.95. The molecule has 3 aromatic carbocycles. The van der Waals surface area contributed by atoms with Crippen LogP contribution in [0.1, 0.15) is 27.0 Å². The summed E-state index contributed by atoms with van der Waals surface area (Å²) in [5, 5.41) is 16.2. The molecule has 3 aromatic rings. The molecule has 0 saturated carbocycles. The average molecular weight is 553 g/mol. The van der Waals surface area contributed by atoms with Gasteiger partial charge in [0.1, 0.15) is 5.75 Å². The molecule has 0 unspecified atom stereocenters.